The summed E-state index contributed by atoms with van der Waals surface area (Å²) >= 11 is 1.36. The van der Waals surface area contributed by atoms with Gasteiger partial charge >= 0.3 is 0 Å². The molecule has 0 saturated heterocycles. The molecule has 158 valence electrons. The lowest BCUT2D eigenvalue weighted by Gasteiger charge is -2.30. The third-order valence-corrected chi connectivity index (χ3v) is 6.45. The SMILES string of the molecule is CC(Sc1nnc(CCC(N)=O)n1Cc1ccco1)C(=O)NC1CCCCC1C. The van der Waals surface area contributed by atoms with Crippen molar-refractivity contribution in [3.8, 4) is 0 Å². The van der Waals surface area contributed by atoms with Gasteiger partial charge in [-0.05, 0) is 37.8 Å². The number of carbonyl (C=O) groups excluding carboxylic acids is 2. The molecule has 3 N–H and O–H groups in total. The van der Waals surface area contributed by atoms with Crippen molar-refractivity contribution in [3.63, 3.8) is 0 Å². The summed E-state index contributed by atoms with van der Waals surface area (Å²) in [6.45, 7) is 4.51. The predicted molar refractivity (Wildman–Crippen MR) is 110 cm³/mol. The van der Waals surface area contributed by atoms with Crippen LogP contribution in [0.2, 0.25) is 0 Å². The number of nitrogens with two attached hydrogens (primary N) is 1. The Morgan fingerprint density at radius 1 is 1.38 bits per heavy atom. The van der Waals surface area contributed by atoms with Crippen LogP contribution in [0, 0.1) is 5.92 Å². The number of hydrogen-bond acceptors (Lipinski definition) is 6. The lowest BCUT2D eigenvalue weighted by atomic mass is 9.86. The van der Waals surface area contributed by atoms with Crippen LogP contribution in [0.5, 0.6) is 0 Å². The summed E-state index contributed by atoms with van der Waals surface area (Å²) < 4.78 is 7.34. The van der Waals surface area contributed by atoms with Crippen LogP contribution >= 0.6 is 11.8 Å². The first-order valence-electron chi connectivity index (χ1n) is 10.1. The molecule has 2 aromatic rings. The van der Waals surface area contributed by atoms with Crippen LogP contribution in [-0.2, 0) is 22.6 Å². The normalized spacial score (nSPS) is 20.3. The summed E-state index contributed by atoms with van der Waals surface area (Å²) in [5.41, 5.74) is 5.28. The smallest absolute Gasteiger partial charge is 0.233 e. The molecule has 1 fully saturated rings. The van der Waals surface area contributed by atoms with E-state index in [1.54, 1.807) is 6.26 Å². The van der Waals surface area contributed by atoms with Crippen molar-refractivity contribution in [1.29, 1.82) is 0 Å². The Balaban J connectivity index is 1.69. The van der Waals surface area contributed by atoms with Gasteiger partial charge in [-0.3, -0.25) is 14.2 Å². The molecule has 3 atom stereocenters. The van der Waals surface area contributed by atoms with E-state index in [1.807, 2.05) is 23.6 Å². The van der Waals surface area contributed by atoms with Gasteiger partial charge in [0.25, 0.3) is 0 Å². The summed E-state index contributed by atoms with van der Waals surface area (Å²) in [6, 6.07) is 3.93. The van der Waals surface area contributed by atoms with Crippen LogP contribution in [-0.4, -0.2) is 37.9 Å². The third kappa shape index (κ3) is 5.85. The molecule has 1 aliphatic rings. The number of aryl methyl sites for hydroxylation is 1. The molecule has 1 aliphatic carbocycles. The quantitative estimate of drug-likeness (QED) is 0.603. The van der Waals surface area contributed by atoms with Gasteiger partial charge in [0, 0.05) is 18.9 Å². The van der Waals surface area contributed by atoms with Crippen molar-refractivity contribution in [2.75, 3.05) is 0 Å². The van der Waals surface area contributed by atoms with Gasteiger partial charge in [-0.25, -0.2) is 0 Å². The fourth-order valence-corrected chi connectivity index (χ4v) is 4.46. The van der Waals surface area contributed by atoms with Gasteiger partial charge in [0.05, 0.1) is 18.1 Å². The zero-order valence-electron chi connectivity index (χ0n) is 17.0. The minimum absolute atomic E-state index is 0.0139. The highest BCUT2D eigenvalue weighted by Crippen LogP contribution is 2.27. The van der Waals surface area contributed by atoms with Gasteiger partial charge in [-0.1, -0.05) is 31.5 Å². The van der Waals surface area contributed by atoms with E-state index in [0.29, 0.717) is 29.9 Å². The Kier molecular flexibility index (Phi) is 7.35. The first-order chi connectivity index (χ1) is 13.9. The molecule has 0 radical (unpaired) electrons. The molecule has 2 heterocycles. The van der Waals surface area contributed by atoms with E-state index in [4.69, 9.17) is 10.2 Å². The van der Waals surface area contributed by atoms with Crippen molar-refractivity contribution in [2.24, 2.45) is 11.7 Å². The van der Waals surface area contributed by atoms with Crippen molar-refractivity contribution in [1.82, 2.24) is 20.1 Å². The predicted octanol–water partition coefficient (Wildman–Crippen LogP) is 2.51. The van der Waals surface area contributed by atoms with E-state index >= 15 is 0 Å². The Bertz CT molecular complexity index is 820. The summed E-state index contributed by atoms with van der Waals surface area (Å²) in [7, 11) is 0. The lowest BCUT2D eigenvalue weighted by Crippen LogP contribution is -2.44. The number of hydrogen-bond donors (Lipinski definition) is 2. The first-order valence-corrected chi connectivity index (χ1v) is 11.0. The summed E-state index contributed by atoms with van der Waals surface area (Å²) in [4.78, 5) is 23.9. The Labute approximate surface area is 175 Å². The third-order valence-electron chi connectivity index (χ3n) is 5.37. The van der Waals surface area contributed by atoms with Crippen LogP contribution in [0.25, 0.3) is 0 Å². The fourth-order valence-electron chi connectivity index (χ4n) is 3.59. The number of rotatable bonds is 9. The minimum atomic E-state index is -0.388. The molecule has 3 rings (SSSR count). The number of aromatic nitrogens is 3. The Morgan fingerprint density at radius 2 is 2.17 bits per heavy atom. The van der Waals surface area contributed by atoms with Gasteiger partial charge in [0.2, 0.25) is 11.8 Å². The zero-order chi connectivity index (χ0) is 20.8. The zero-order valence-corrected chi connectivity index (χ0v) is 17.8. The largest absolute Gasteiger partial charge is 0.467 e. The molecule has 2 aromatic heterocycles. The number of amides is 2. The number of furan rings is 1. The van der Waals surface area contributed by atoms with E-state index < -0.39 is 0 Å². The summed E-state index contributed by atoms with van der Waals surface area (Å²) in [5, 5.41) is 12.0. The van der Waals surface area contributed by atoms with Crippen molar-refractivity contribution in [2.45, 2.75) is 75.4 Å². The minimum Gasteiger partial charge on any atom is -0.467 e. The maximum atomic E-state index is 12.7. The second-order valence-corrected chi connectivity index (χ2v) is 8.98. The standard InChI is InChI=1S/C20H29N5O3S/c1-13-6-3-4-8-16(13)22-19(27)14(2)29-20-24-23-18(10-9-17(21)26)25(20)12-15-7-5-11-28-15/h5,7,11,13-14,16H,3-4,6,8-10,12H2,1-2H3,(H2,21,26)(H,22,27). The van der Waals surface area contributed by atoms with E-state index in [9.17, 15) is 9.59 Å². The second kappa shape index (κ2) is 9.96. The van der Waals surface area contributed by atoms with Gasteiger partial charge in [-0.15, -0.1) is 10.2 Å². The molecular weight excluding hydrogens is 390 g/mol. The molecule has 29 heavy (non-hydrogen) atoms. The molecule has 0 bridgehead atoms. The first kappa shape index (κ1) is 21.4. The van der Waals surface area contributed by atoms with E-state index in [2.05, 4.69) is 22.4 Å². The van der Waals surface area contributed by atoms with Crippen molar-refractivity contribution >= 4 is 23.6 Å². The molecule has 9 heteroatoms. The number of carbonyl (C=O) groups is 2. The average molecular weight is 420 g/mol. The molecular formula is C20H29N5O3S. The number of primary amides is 1. The van der Waals surface area contributed by atoms with Crippen molar-refractivity contribution < 1.29 is 14.0 Å². The molecule has 2 amide bonds. The van der Waals surface area contributed by atoms with E-state index in [1.165, 1.54) is 18.2 Å². The maximum absolute atomic E-state index is 12.7. The Hall–Kier alpha value is -2.29. The topological polar surface area (TPSA) is 116 Å². The fraction of sp³-hybridized carbons (Fsp3) is 0.600. The molecule has 0 aliphatic heterocycles. The monoisotopic (exact) mass is 419 g/mol. The van der Waals surface area contributed by atoms with Crippen LogP contribution in [0.3, 0.4) is 0 Å². The molecule has 0 aromatic carbocycles. The van der Waals surface area contributed by atoms with Gasteiger partial charge in [0.15, 0.2) is 5.16 Å². The van der Waals surface area contributed by atoms with Crippen LogP contribution in [0.4, 0.5) is 0 Å². The van der Waals surface area contributed by atoms with Crippen molar-refractivity contribution in [3.05, 3.63) is 30.0 Å². The van der Waals surface area contributed by atoms with Crippen LogP contribution in [0.15, 0.2) is 28.0 Å². The van der Waals surface area contributed by atoms with Gasteiger partial charge < -0.3 is 15.5 Å². The molecule has 3 unspecified atom stereocenters. The van der Waals surface area contributed by atoms with Gasteiger partial charge in [-0.2, -0.15) is 0 Å². The average Bonchev–Trinajstić information content (AvgIpc) is 3.33. The number of nitrogens with one attached hydrogen (secondary N) is 1. The maximum Gasteiger partial charge on any atom is 0.233 e. The van der Waals surface area contributed by atoms with Crippen LogP contribution in [0.1, 0.15) is 57.5 Å². The Morgan fingerprint density at radius 3 is 2.86 bits per heavy atom. The summed E-state index contributed by atoms with van der Waals surface area (Å²) in [6.07, 6.45) is 6.79. The van der Waals surface area contributed by atoms with E-state index in [-0.39, 0.29) is 29.5 Å². The van der Waals surface area contributed by atoms with Crippen LogP contribution < -0.4 is 11.1 Å². The highest BCUT2D eigenvalue weighted by molar-refractivity contribution is 8.00. The number of nitrogens with zero attached hydrogens (tertiary/aromatic N) is 3. The molecule has 1 saturated carbocycles. The second-order valence-electron chi connectivity index (χ2n) is 7.67. The van der Waals surface area contributed by atoms with Gasteiger partial charge in [0.1, 0.15) is 11.6 Å². The summed E-state index contributed by atoms with van der Waals surface area (Å²) in [5.74, 6) is 1.53. The lowest BCUT2D eigenvalue weighted by molar-refractivity contribution is -0.121. The molecule has 8 nitrogen and oxygen atoms in total. The highest BCUT2D eigenvalue weighted by Gasteiger charge is 2.26. The highest BCUT2D eigenvalue weighted by atomic mass is 32.2. The van der Waals surface area contributed by atoms with E-state index in [0.717, 1.165) is 25.0 Å². The number of thioether (sulfide) groups is 1. The molecule has 0 spiro atoms.